The molecule has 0 fully saturated rings. The number of aromatic nitrogens is 3. The van der Waals surface area contributed by atoms with Crippen LogP contribution in [0.5, 0.6) is 0 Å². The molecule has 0 aliphatic heterocycles. The molecule has 0 radical (unpaired) electrons. The van der Waals surface area contributed by atoms with Crippen LogP contribution in [0.4, 0.5) is 5.82 Å². The second-order valence-electron chi connectivity index (χ2n) is 5.59. The van der Waals surface area contributed by atoms with Gasteiger partial charge in [0.15, 0.2) is 5.82 Å². The van der Waals surface area contributed by atoms with E-state index in [2.05, 4.69) is 33.6 Å². The Morgan fingerprint density at radius 1 is 1.27 bits per heavy atom. The minimum atomic E-state index is 0.500. The molecule has 0 atom stereocenters. The molecule has 2 N–H and O–H groups in total. The highest BCUT2D eigenvalue weighted by molar-refractivity contribution is 6.17. The Morgan fingerprint density at radius 3 is 2.91 bits per heavy atom. The largest absolute Gasteiger partial charge is 0.382 e. The van der Waals surface area contributed by atoms with Gasteiger partial charge in [-0.2, -0.15) is 0 Å². The number of imidazole rings is 1. The first-order valence-corrected chi connectivity index (χ1v) is 8.37. The zero-order valence-corrected chi connectivity index (χ0v) is 13.6. The maximum absolute atomic E-state index is 6.10. The third kappa shape index (κ3) is 2.63. The van der Waals surface area contributed by atoms with E-state index in [1.807, 2.05) is 12.4 Å². The van der Waals surface area contributed by atoms with Crippen LogP contribution in [-0.2, 0) is 13.0 Å². The summed E-state index contributed by atoms with van der Waals surface area (Å²) in [5.74, 6) is 1.14. The highest BCUT2D eigenvalue weighted by Gasteiger charge is 2.14. The molecule has 1 aromatic carbocycles. The Hall–Kier alpha value is -1.81. The molecule has 3 rings (SSSR count). The molecule has 0 bridgehead atoms. The number of benzene rings is 1. The Bertz CT molecular complexity index is 794. The van der Waals surface area contributed by atoms with E-state index >= 15 is 0 Å². The molecular formula is C17H21ClN4. The van der Waals surface area contributed by atoms with Gasteiger partial charge in [-0.15, -0.1) is 11.6 Å². The summed E-state index contributed by atoms with van der Waals surface area (Å²) in [6.07, 6.45) is 6.16. The van der Waals surface area contributed by atoms with Crippen molar-refractivity contribution in [3.05, 3.63) is 30.1 Å². The number of nitrogens with two attached hydrogens (primary N) is 1. The predicted octanol–water partition coefficient (Wildman–Crippen LogP) is 4.14. The third-order valence-electron chi connectivity index (χ3n) is 4.02. The van der Waals surface area contributed by atoms with Gasteiger partial charge in [0.2, 0.25) is 0 Å². The van der Waals surface area contributed by atoms with Crippen LogP contribution < -0.4 is 5.73 Å². The molecule has 0 spiro atoms. The number of unbranched alkanes of at least 4 members (excludes halogenated alkanes) is 1. The summed E-state index contributed by atoms with van der Waals surface area (Å²) in [6, 6.07) is 6.28. The van der Waals surface area contributed by atoms with Crippen LogP contribution in [-0.4, -0.2) is 20.4 Å². The van der Waals surface area contributed by atoms with Crippen molar-refractivity contribution >= 4 is 39.4 Å². The molecule has 5 heteroatoms. The minimum Gasteiger partial charge on any atom is -0.382 e. The van der Waals surface area contributed by atoms with Gasteiger partial charge in [-0.25, -0.2) is 9.97 Å². The van der Waals surface area contributed by atoms with Crippen molar-refractivity contribution in [2.75, 3.05) is 11.6 Å². The van der Waals surface area contributed by atoms with E-state index in [0.29, 0.717) is 11.7 Å². The van der Waals surface area contributed by atoms with Crippen LogP contribution in [0.25, 0.3) is 21.9 Å². The van der Waals surface area contributed by atoms with Crippen LogP contribution in [0, 0.1) is 0 Å². The first-order chi connectivity index (χ1) is 10.8. The predicted molar refractivity (Wildman–Crippen MR) is 93.4 cm³/mol. The normalized spacial score (nSPS) is 11.5. The fourth-order valence-corrected chi connectivity index (χ4v) is 3.06. The van der Waals surface area contributed by atoms with E-state index in [1.165, 1.54) is 23.8 Å². The topological polar surface area (TPSA) is 56.7 Å². The quantitative estimate of drug-likeness (QED) is 0.695. The number of alkyl halides is 1. The molecule has 0 aliphatic rings. The number of nitrogen functional groups attached to an aromatic ring is 1. The first kappa shape index (κ1) is 15.1. The van der Waals surface area contributed by atoms with Gasteiger partial charge < -0.3 is 10.3 Å². The standard InChI is InChI=1S/C17H21ClN4/c1-2-3-6-12-7-4-8-13-14(12)16-15(17(19)21-13)20-11-22(16)10-5-9-18/h4,7-8,11H,2-3,5-6,9-10H2,1H3,(H2,19,21). The summed E-state index contributed by atoms with van der Waals surface area (Å²) in [7, 11) is 0. The molecule has 0 saturated carbocycles. The molecule has 4 nitrogen and oxygen atoms in total. The van der Waals surface area contributed by atoms with E-state index in [0.717, 1.165) is 35.9 Å². The van der Waals surface area contributed by atoms with E-state index in [1.54, 1.807) is 0 Å². The van der Waals surface area contributed by atoms with Gasteiger partial charge in [0.05, 0.1) is 17.4 Å². The van der Waals surface area contributed by atoms with Crippen molar-refractivity contribution < 1.29 is 0 Å². The van der Waals surface area contributed by atoms with Crippen LogP contribution in [0.2, 0.25) is 0 Å². The molecular weight excluding hydrogens is 296 g/mol. The van der Waals surface area contributed by atoms with Crippen molar-refractivity contribution in [1.29, 1.82) is 0 Å². The van der Waals surface area contributed by atoms with E-state index in [-0.39, 0.29) is 0 Å². The van der Waals surface area contributed by atoms with E-state index < -0.39 is 0 Å². The summed E-state index contributed by atoms with van der Waals surface area (Å²) < 4.78 is 2.16. The van der Waals surface area contributed by atoms with Gasteiger partial charge in [0, 0.05) is 17.8 Å². The second kappa shape index (κ2) is 6.53. The summed E-state index contributed by atoms with van der Waals surface area (Å²) in [5.41, 5.74) is 10.3. The first-order valence-electron chi connectivity index (χ1n) is 7.84. The number of hydrogen-bond acceptors (Lipinski definition) is 3. The molecule has 116 valence electrons. The number of pyridine rings is 1. The highest BCUT2D eigenvalue weighted by atomic mass is 35.5. The fraction of sp³-hybridized carbons (Fsp3) is 0.412. The SMILES string of the molecule is CCCCc1cccc2nc(N)c3ncn(CCCCl)c3c12. The Kier molecular flexibility index (Phi) is 4.48. The van der Waals surface area contributed by atoms with Gasteiger partial charge in [0.1, 0.15) is 5.52 Å². The summed E-state index contributed by atoms with van der Waals surface area (Å²) >= 11 is 5.85. The van der Waals surface area contributed by atoms with Crippen molar-refractivity contribution in [2.45, 2.75) is 39.2 Å². The second-order valence-corrected chi connectivity index (χ2v) is 5.97. The van der Waals surface area contributed by atoms with Crippen LogP contribution >= 0.6 is 11.6 Å². The van der Waals surface area contributed by atoms with Crippen molar-refractivity contribution in [1.82, 2.24) is 14.5 Å². The van der Waals surface area contributed by atoms with Crippen LogP contribution in [0.1, 0.15) is 31.7 Å². The third-order valence-corrected chi connectivity index (χ3v) is 4.29. The van der Waals surface area contributed by atoms with Crippen molar-refractivity contribution in [2.24, 2.45) is 0 Å². The number of hydrogen-bond donors (Lipinski definition) is 1. The summed E-state index contributed by atoms with van der Waals surface area (Å²) in [5, 5.41) is 1.19. The zero-order chi connectivity index (χ0) is 15.5. The smallest absolute Gasteiger partial charge is 0.152 e. The van der Waals surface area contributed by atoms with Gasteiger partial charge in [-0.1, -0.05) is 25.5 Å². The molecule has 0 amide bonds. The van der Waals surface area contributed by atoms with Gasteiger partial charge in [0.25, 0.3) is 0 Å². The number of fused-ring (bicyclic) bond motifs is 3. The fourth-order valence-electron chi connectivity index (χ4n) is 2.94. The summed E-state index contributed by atoms with van der Waals surface area (Å²) in [6.45, 7) is 3.06. The number of halogens is 1. The summed E-state index contributed by atoms with van der Waals surface area (Å²) in [4.78, 5) is 9.02. The average Bonchev–Trinajstić information content (AvgIpc) is 2.95. The number of nitrogens with zero attached hydrogens (tertiary/aromatic N) is 3. The number of anilines is 1. The zero-order valence-electron chi connectivity index (χ0n) is 12.8. The monoisotopic (exact) mass is 316 g/mol. The average molecular weight is 317 g/mol. The van der Waals surface area contributed by atoms with Crippen LogP contribution in [0.3, 0.4) is 0 Å². The lowest BCUT2D eigenvalue weighted by Gasteiger charge is -2.11. The Balaban J connectivity index is 2.27. The molecule has 2 aromatic heterocycles. The Labute approximate surface area is 135 Å². The Morgan fingerprint density at radius 2 is 2.14 bits per heavy atom. The van der Waals surface area contributed by atoms with E-state index in [4.69, 9.17) is 17.3 Å². The molecule has 22 heavy (non-hydrogen) atoms. The highest BCUT2D eigenvalue weighted by Crippen LogP contribution is 2.30. The molecule has 0 unspecified atom stereocenters. The van der Waals surface area contributed by atoms with Crippen molar-refractivity contribution in [3.8, 4) is 0 Å². The van der Waals surface area contributed by atoms with Gasteiger partial charge >= 0.3 is 0 Å². The molecule has 0 aliphatic carbocycles. The van der Waals surface area contributed by atoms with Gasteiger partial charge in [-0.05, 0) is 30.9 Å². The van der Waals surface area contributed by atoms with Crippen LogP contribution in [0.15, 0.2) is 24.5 Å². The molecule has 0 saturated heterocycles. The lowest BCUT2D eigenvalue weighted by molar-refractivity contribution is 0.701. The maximum Gasteiger partial charge on any atom is 0.152 e. The van der Waals surface area contributed by atoms with Gasteiger partial charge in [-0.3, -0.25) is 0 Å². The minimum absolute atomic E-state index is 0.500. The van der Waals surface area contributed by atoms with Crippen molar-refractivity contribution in [3.63, 3.8) is 0 Å². The number of rotatable bonds is 6. The van der Waals surface area contributed by atoms with E-state index in [9.17, 15) is 0 Å². The molecule has 2 heterocycles. The lowest BCUT2D eigenvalue weighted by Crippen LogP contribution is -2.01. The molecule has 3 aromatic rings. The number of aryl methyl sites for hydroxylation is 2. The maximum atomic E-state index is 6.10. The lowest BCUT2D eigenvalue weighted by atomic mass is 10.0.